The van der Waals surface area contributed by atoms with Gasteiger partial charge in [-0.3, -0.25) is 4.90 Å². The van der Waals surface area contributed by atoms with Gasteiger partial charge in [0.05, 0.1) is 0 Å². The summed E-state index contributed by atoms with van der Waals surface area (Å²) in [5.41, 5.74) is 2.32. The summed E-state index contributed by atoms with van der Waals surface area (Å²) in [4.78, 5) is 2.63. The van der Waals surface area contributed by atoms with E-state index in [-0.39, 0.29) is 0 Å². The predicted molar refractivity (Wildman–Crippen MR) is 86.6 cm³/mol. The number of piperidine rings is 1. The van der Waals surface area contributed by atoms with Gasteiger partial charge in [-0.05, 0) is 64.6 Å². The fourth-order valence-electron chi connectivity index (χ4n) is 3.59. The third-order valence-corrected chi connectivity index (χ3v) is 5.01. The number of hydrogen-bond acceptors (Lipinski definition) is 3. The average molecular weight is 288 g/mol. The summed E-state index contributed by atoms with van der Waals surface area (Å²) < 4.78 is 0. The lowest BCUT2D eigenvalue weighted by Gasteiger charge is -2.35. The van der Waals surface area contributed by atoms with E-state index in [1.165, 1.54) is 37.8 Å². The maximum atomic E-state index is 10.2. The van der Waals surface area contributed by atoms with Crippen molar-refractivity contribution in [3.63, 3.8) is 0 Å². The fraction of sp³-hybridized carbons (Fsp3) is 0.667. The summed E-state index contributed by atoms with van der Waals surface area (Å²) in [6.45, 7) is 7.83. The zero-order valence-corrected chi connectivity index (χ0v) is 13.3. The molecule has 2 N–H and O–H groups in total. The maximum Gasteiger partial charge on any atom is 0.120 e. The van der Waals surface area contributed by atoms with E-state index in [0.29, 0.717) is 11.8 Å². The molecule has 1 aromatic carbocycles. The molecule has 2 atom stereocenters. The molecule has 3 heteroatoms. The molecule has 1 aliphatic carbocycles. The van der Waals surface area contributed by atoms with Crippen molar-refractivity contribution in [2.45, 2.75) is 51.6 Å². The van der Waals surface area contributed by atoms with Crippen LogP contribution in [-0.4, -0.2) is 35.7 Å². The number of aromatic hydroxyl groups is 1. The molecule has 0 amide bonds. The lowest BCUT2D eigenvalue weighted by atomic mass is 9.96. The second-order valence-corrected chi connectivity index (χ2v) is 6.88. The highest BCUT2D eigenvalue weighted by molar-refractivity contribution is 5.38. The zero-order valence-electron chi connectivity index (χ0n) is 13.3. The average Bonchev–Trinajstić information content (AvgIpc) is 3.32. The van der Waals surface area contributed by atoms with Crippen LogP contribution in [0.5, 0.6) is 5.75 Å². The van der Waals surface area contributed by atoms with Crippen molar-refractivity contribution in [2.75, 3.05) is 19.6 Å². The van der Waals surface area contributed by atoms with E-state index in [0.717, 1.165) is 30.6 Å². The van der Waals surface area contributed by atoms with Gasteiger partial charge in [0, 0.05) is 24.2 Å². The highest BCUT2D eigenvalue weighted by Crippen LogP contribution is 2.38. The molecule has 0 aromatic heterocycles. The summed E-state index contributed by atoms with van der Waals surface area (Å²) in [6.07, 6.45) is 5.27. The second kappa shape index (κ2) is 6.37. The Kier molecular flexibility index (Phi) is 4.51. The molecule has 3 nitrogen and oxygen atoms in total. The molecular formula is C18H28N2O. The van der Waals surface area contributed by atoms with Gasteiger partial charge in [-0.25, -0.2) is 0 Å². The van der Waals surface area contributed by atoms with E-state index < -0.39 is 0 Å². The first-order valence-electron chi connectivity index (χ1n) is 8.41. The van der Waals surface area contributed by atoms with Crippen LogP contribution in [0.2, 0.25) is 0 Å². The van der Waals surface area contributed by atoms with Crippen LogP contribution < -0.4 is 5.32 Å². The molecule has 3 rings (SSSR count). The van der Waals surface area contributed by atoms with Crippen LogP contribution in [0.15, 0.2) is 18.2 Å². The first-order valence-corrected chi connectivity index (χ1v) is 8.41. The van der Waals surface area contributed by atoms with E-state index in [2.05, 4.69) is 30.1 Å². The number of nitrogens with one attached hydrogen (secondary N) is 1. The molecule has 2 fully saturated rings. The summed E-state index contributed by atoms with van der Waals surface area (Å²) in [5, 5.41) is 13.7. The molecule has 21 heavy (non-hydrogen) atoms. The molecule has 2 aliphatic rings. The Morgan fingerprint density at radius 1 is 1.33 bits per heavy atom. The summed E-state index contributed by atoms with van der Waals surface area (Å²) in [6, 6.07) is 7.00. The molecule has 0 radical (unpaired) electrons. The third-order valence-electron chi connectivity index (χ3n) is 5.01. The van der Waals surface area contributed by atoms with E-state index in [1.807, 2.05) is 12.1 Å². The van der Waals surface area contributed by atoms with Gasteiger partial charge in [-0.1, -0.05) is 17.7 Å². The number of phenols is 1. The first-order chi connectivity index (χ1) is 10.1. The smallest absolute Gasteiger partial charge is 0.120 e. The molecule has 2 unspecified atom stereocenters. The van der Waals surface area contributed by atoms with Crippen LogP contribution in [0.3, 0.4) is 0 Å². The number of benzene rings is 1. The van der Waals surface area contributed by atoms with Crippen molar-refractivity contribution >= 4 is 0 Å². The lowest BCUT2D eigenvalue weighted by Crippen LogP contribution is -2.40. The van der Waals surface area contributed by atoms with E-state index in [1.54, 1.807) is 0 Å². The number of phenolic OH excluding ortho intramolecular Hbond substituents is 1. The zero-order chi connectivity index (χ0) is 14.8. The Balaban J connectivity index is 1.74. The summed E-state index contributed by atoms with van der Waals surface area (Å²) in [7, 11) is 0. The standard InChI is InChI=1S/C18H28N2O/c1-13-5-8-18(21)17(10-13)14(2)20(16-6-7-16)12-15-4-3-9-19-11-15/h5,8,10,14-16,19,21H,3-4,6-7,9,11-12H2,1-2H3. The molecule has 1 aliphatic heterocycles. The largest absolute Gasteiger partial charge is 0.508 e. The van der Waals surface area contributed by atoms with Gasteiger partial charge < -0.3 is 10.4 Å². The van der Waals surface area contributed by atoms with Gasteiger partial charge in [0.1, 0.15) is 5.75 Å². The molecule has 0 spiro atoms. The minimum Gasteiger partial charge on any atom is -0.508 e. The second-order valence-electron chi connectivity index (χ2n) is 6.88. The van der Waals surface area contributed by atoms with Crippen LogP contribution in [0, 0.1) is 12.8 Å². The Morgan fingerprint density at radius 3 is 2.81 bits per heavy atom. The van der Waals surface area contributed by atoms with Crippen LogP contribution in [-0.2, 0) is 0 Å². The highest BCUT2D eigenvalue weighted by Gasteiger charge is 2.35. The molecule has 0 bridgehead atoms. The lowest BCUT2D eigenvalue weighted by molar-refractivity contribution is 0.152. The molecule has 1 heterocycles. The van der Waals surface area contributed by atoms with Gasteiger partial charge in [-0.15, -0.1) is 0 Å². The minimum absolute atomic E-state index is 0.305. The van der Waals surface area contributed by atoms with Crippen molar-refractivity contribution in [1.82, 2.24) is 10.2 Å². The molecule has 1 saturated carbocycles. The van der Waals surface area contributed by atoms with Gasteiger partial charge in [-0.2, -0.15) is 0 Å². The van der Waals surface area contributed by atoms with Gasteiger partial charge in [0.2, 0.25) is 0 Å². The number of aryl methyl sites for hydroxylation is 1. The number of hydrogen-bond donors (Lipinski definition) is 2. The Labute approximate surface area is 128 Å². The molecule has 1 saturated heterocycles. The van der Waals surface area contributed by atoms with E-state index >= 15 is 0 Å². The normalized spacial score (nSPS) is 24.2. The number of nitrogens with zero attached hydrogens (tertiary/aromatic N) is 1. The van der Waals surface area contributed by atoms with Crippen LogP contribution >= 0.6 is 0 Å². The van der Waals surface area contributed by atoms with Gasteiger partial charge >= 0.3 is 0 Å². The van der Waals surface area contributed by atoms with Gasteiger partial charge in [0.15, 0.2) is 0 Å². The molecule has 116 valence electrons. The number of rotatable bonds is 5. The topological polar surface area (TPSA) is 35.5 Å². The summed E-state index contributed by atoms with van der Waals surface area (Å²) >= 11 is 0. The predicted octanol–water partition coefficient (Wildman–Crippen LogP) is 3.23. The van der Waals surface area contributed by atoms with Crippen molar-refractivity contribution < 1.29 is 5.11 Å². The van der Waals surface area contributed by atoms with Gasteiger partial charge in [0.25, 0.3) is 0 Å². The van der Waals surface area contributed by atoms with Crippen LogP contribution in [0.25, 0.3) is 0 Å². The Hall–Kier alpha value is -1.06. The quantitative estimate of drug-likeness (QED) is 0.873. The molecular weight excluding hydrogens is 260 g/mol. The third kappa shape index (κ3) is 3.58. The van der Waals surface area contributed by atoms with Crippen LogP contribution in [0.4, 0.5) is 0 Å². The van der Waals surface area contributed by atoms with Crippen molar-refractivity contribution in [3.05, 3.63) is 29.3 Å². The van der Waals surface area contributed by atoms with Crippen molar-refractivity contribution in [1.29, 1.82) is 0 Å². The monoisotopic (exact) mass is 288 g/mol. The minimum atomic E-state index is 0.305. The van der Waals surface area contributed by atoms with E-state index in [4.69, 9.17) is 0 Å². The first kappa shape index (κ1) is 14.9. The van der Waals surface area contributed by atoms with Crippen molar-refractivity contribution in [3.8, 4) is 5.75 Å². The molecule has 1 aromatic rings. The fourth-order valence-corrected chi connectivity index (χ4v) is 3.59. The Morgan fingerprint density at radius 2 is 2.14 bits per heavy atom. The van der Waals surface area contributed by atoms with Crippen molar-refractivity contribution in [2.24, 2.45) is 5.92 Å². The van der Waals surface area contributed by atoms with E-state index in [9.17, 15) is 5.11 Å². The maximum absolute atomic E-state index is 10.2. The van der Waals surface area contributed by atoms with Crippen LogP contribution in [0.1, 0.15) is 49.8 Å². The highest BCUT2D eigenvalue weighted by atomic mass is 16.3. The SMILES string of the molecule is Cc1ccc(O)c(C(C)N(CC2CCCNC2)C2CC2)c1. The summed E-state index contributed by atoms with van der Waals surface area (Å²) in [5.74, 6) is 1.20. The Bertz CT molecular complexity index is 478.